The van der Waals surface area contributed by atoms with Gasteiger partial charge in [0, 0.05) is 10.9 Å². The maximum Gasteiger partial charge on any atom is 0.416 e. The number of rotatable bonds is 6. The summed E-state index contributed by atoms with van der Waals surface area (Å²) in [4.78, 5) is 13.6. The van der Waals surface area contributed by atoms with Gasteiger partial charge < -0.3 is 8.92 Å². The van der Waals surface area contributed by atoms with E-state index in [1.807, 2.05) is 0 Å². The molecule has 0 bridgehead atoms. The van der Waals surface area contributed by atoms with Gasteiger partial charge in [-0.15, -0.1) is 0 Å². The Morgan fingerprint density at radius 1 is 0.900 bits per heavy atom. The van der Waals surface area contributed by atoms with Gasteiger partial charge in [-0.2, -0.15) is 30.4 Å². The molecule has 0 unspecified atom stereocenters. The van der Waals surface area contributed by atoms with Crippen LogP contribution in [-0.4, -0.2) is 25.4 Å². The summed E-state index contributed by atoms with van der Waals surface area (Å²) in [5.41, 5.74) is -2.72. The van der Waals surface area contributed by atoms with Gasteiger partial charge in [0.1, 0.15) is 16.8 Å². The largest absolute Gasteiger partial charge is 0.496 e. The van der Waals surface area contributed by atoms with Crippen LogP contribution in [0.15, 0.2) is 47.5 Å². The molecule has 0 atom stereocenters. The van der Waals surface area contributed by atoms with E-state index in [9.17, 15) is 53.7 Å². The highest BCUT2D eigenvalue weighted by molar-refractivity contribution is 7.87. The van der Waals surface area contributed by atoms with Crippen molar-refractivity contribution in [2.75, 3.05) is 7.11 Å². The first-order valence-electron chi connectivity index (χ1n) is 10.4. The van der Waals surface area contributed by atoms with Gasteiger partial charge in [0.15, 0.2) is 0 Å². The maximum atomic E-state index is 14.0. The molecule has 1 aromatic heterocycles. The third-order valence-electron chi connectivity index (χ3n) is 5.47. The molecular formula is C23H10F8N2O6S. The number of halogens is 8. The molecule has 17 heteroatoms. The predicted molar refractivity (Wildman–Crippen MR) is 119 cm³/mol. The molecule has 4 rings (SSSR count). The van der Waals surface area contributed by atoms with Crippen LogP contribution in [-0.2, 0) is 16.3 Å². The molecule has 0 amide bonds. The summed E-state index contributed by atoms with van der Waals surface area (Å²) < 4.78 is 142. The van der Waals surface area contributed by atoms with Crippen LogP contribution in [0.1, 0.15) is 5.56 Å². The lowest BCUT2D eigenvalue weighted by Gasteiger charge is -2.15. The number of ether oxygens (including phenoxy) is 1. The molecule has 4 aromatic rings. The second-order valence-corrected chi connectivity index (χ2v) is 9.35. The number of hydrogen-bond acceptors (Lipinski definition) is 7. The Kier molecular flexibility index (Phi) is 7.04. The van der Waals surface area contributed by atoms with E-state index >= 15 is 0 Å². The van der Waals surface area contributed by atoms with E-state index < -0.39 is 77.9 Å². The zero-order valence-corrected chi connectivity index (χ0v) is 20.1. The van der Waals surface area contributed by atoms with Gasteiger partial charge in [0.25, 0.3) is 5.69 Å². The standard InChI is InChI=1S/C23H10F8N2O6S/c1-38-15-6-9(23(29,30)31)2-4-12(15)16-11-5-3-10(7-13(11)32-8-14(16)33(34)35)40(36,37)39-22-20(27)18(25)17(24)19(26)21(22)28/h2-8H,1H3. The Morgan fingerprint density at radius 2 is 1.50 bits per heavy atom. The normalized spacial score (nSPS) is 12.0. The lowest BCUT2D eigenvalue weighted by Crippen LogP contribution is -2.14. The summed E-state index contributed by atoms with van der Waals surface area (Å²) in [6.45, 7) is 0. The second kappa shape index (κ2) is 9.89. The smallest absolute Gasteiger partial charge is 0.416 e. The molecule has 0 fully saturated rings. The molecule has 0 aliphatic carbocycles. The molecule has 0 saturated heterocycles. The molecule has 8 nitrogen and oxygen atoms in total. The number of nitro groups is 1. The minimum atomic E-state index is -5.29. The first-order valence-corrected chi connectivity index (χ1v) is 11.8. The summed E-state index contributed by atoms with van der Waals surface area (Å²) in [5.74, 6) is -15.2. The molecule has 0 N–H and O–H groups in total. The topological polar surface area (TPSA) is 109 Å². The molecule has 0 aliphatic heterocycles. The highest BCUT2D eigenvalue weighted by atomic mass is 32.2. The van der Waals surface area contributed by atoms with Crippen LogP contribution in [0.2, 0.25) is 0 Å². The van der Waals surface area contributed by atoms with Crippen molar-refractivity contribution in [2.45, 2.75) is 11.1 Å². The van der Waals surface area contributed by atoms with E-state index in [0.717, 1.165) is 19.2 Å². The molecule has 1 heterocycles. The molecule has 40 heavy (non-hydrogen) atoms. The first kappa shape index (κ1) is 28.5. The molecule has 0 aliphatic rings. The Labute approximate surface area is 217 Å². The predicted octanol–water partition coefficient (Wildman–Crippen LogP) is 6.30. The first-order chi connectivity index (χ1) is 18.6. The zero-order chi connectivity index (χ0) is 29.7. The molecule has 0 radical (unpaired) electrons. The summed E-state index contributed by atoms with van der Waals surface area (Å²) in [7, 11) is -4.28. The molecule has 3 aromatic carbocycles. The quantitative estimate of drug-likeness (QED) is 0.0644. The van der Waals surface area contributed by atoms with Crippen molar-refractivity contribution in [1.29, 1.82) is 0 Å². The van der Waals surface area contributed by atoms with Gasteiger partial charge >= 0.3 is 16.3 Å². The summed E-state index contributed by atoms with van der Waals surface area (Å²) in [5, 5.41) is 11.5. The minimum absolute atomic E-state index is 0.178. The van der Waals surface area contributed by atoms with Crippen molar-refractivity contribution in [1.82, 2.24) is 4.98 Å². The van der Waals surface area contributed by atoms with Crippen molar-refractivity contribution in [3.05, 3.63) is 87.4 Å². The lowest BCUT2D eigenvalue weighted by molar-refractivity contribution is -0.384. The summed E-state index contributed by atoms with van der Waals surface area (Å²) in [6.07, 6.45) is -4.12. The lowest BCUT2D eigenvalue weighted by atomic mass is 9.97. The van der Waals surface area contributed by atoms with Crippen LogP contribution in [0, 0.1) is 39.2 Å². The van der Waals surface area contributed by atoms with Gasteiger partial charge in [-0.25, -0.2) is 18.2 Å². The summed E-state index contributed by atoms with van der Waals surface area (Å²) >= 11 is 0. The second-order valence-electron chi connectivity index (χ2n) is 7.80. The van der Waals surface area contributed by atoms with Gasteiger partial charge in [-0.05, 0) is 30.3 Å². The van der Waals surface area contributed by atoms with Gasteiger partial charge in [0.05, 0.1) is 28.7 Å². The van der Waals surface area contributed by atoms with E-state index in [0.29, 0.717) is 30.5 Å². The zero-order valence-electron chi connectivity index (χ0n) is 19.3. The fraction of sp³-hybridized carbons (Fsp3) is 0.0870. The van der Waals surface area contributed by atoms with Gasteiger partial charge in [0.2, 0.25) is 34.8 Å². The van der Waals surface area contributed by atoms with E-state index in [2.05, 4.69) is 9.17 Å². The van der Waals surface area contributed by atoms with E-state index in [1.54, 1.807) is 0 Å². The highest BCUT2D eigenvalue weighted by Crippen LogP contribution is 2.43. The number of methoxy groups -OCH3 is 1. The average Bonchev–Trinajstić information content (AvgIpc) is 2.91. The van der Waals surface area contributed by atoms with Crippen LogP contribution >= 0.6 is 0 Å². The van der Waals surface area contributed by atoms with Crippen LogP contribution in [0.4, 0.5) is 40.8 Å². The van der Waals surface area contributed by atoms with E-state index in [4.69, 9.17) is 4.74 Å². The highest BCUT2D eigenvalue weighted by Gasteiger charge is 2.34. The van der Waals surface area contributed by atoms with Crippen LogP contribution in [0.3, 0.4) is 0 Å². The number of pyridine rings is 1. The fourth-order valence-electron chi connectivity index (χ4n) is 3.63. The van der Waals surface area contributed by atoms with Gasteiger partial charge in [-0.3, -0.25) is 10.1 Å². The molecule has 0 saturated carbocycles. The Bertz CT molecular complexity index is 1780. The van der Waals surface area contributed by atoms with Crippen LogP contribution in [0.25, 0.3) is 22.0 Å². The molecular weight excluding hydrogens is 584 g/mol. The third kappa shape index (κ3) is 4.83. The number of fused-ring (bicyclic) bond motifs is 1. The number of aromatic nitrogens is 1. The van der Waals surface area contributed by atoms with Crippen molar-refractivity contribution in [2.24, 2.45) is 0 Å². The Morgan fingerprint density at radius 3 is 2.05 bits per heavy atom. The Balaban J connectivity index is 1.90. The Hall–Kier alpha value is -4.54. The minimum Gasteiger partial charge on any atom is -0.496 e. The van der Waals surface area contributed by atoms with Crippen molar-refractivity contribution in [3.8, 4) is 22.6 Å². The average molecular weight is 594 g/mol. The molecule has 0 spiro atoms. The maximum absolute atomic E-state index is 14.0. The molecule has 210 valence electrons. The van der Waals surface area contributed by atoms with Crippen molar-refractivity contribution >= 4 is 26.7 Å². The fourth-order valence-corrected chi connectivity index (χ4v) is 4.58. The third-order valence-corrected chi connectivity index (χ3v) is 6.68. The monoisotopic (exact) mass is 594 g/mol. The number of nitrogens with zero attached hydrogens (tertiary/aromatic N) is 2. The van der Waals surface area contributed by atoms with Gasteiger partial charge in [-0.1, -0.05) is 6.07 Å². The van der Waals surface area contributed by atoms with Crippen molar-refractivity contribution in [3.63, 3.8) is 0 Å². The van der Waals surface area contributed by atoms with Crippen LogP contribution in [0.5, 0.6) is 11.5 Å². The summed E-state index contributed by atoms with van der Waals surface area (Å²) in [6, 6.07) is 4.42. The van der Waals surface area contributed by atoms with Crippen LogP contribution < -0.4 is 8.92 Å². The number of alkyl halides is 3. The van der Waals surface area contributed by atoms with E-state index in [-0.39, 0.29) is 22.0 Å². The number of benzene rings is 3. The number of hydrogen-bond donors (Lipinski definition) is 0. The van der Waals surface area contributed by atoms with Crippen molar-refractivity contribution < 1.29 is 57.4 Å². The van der Waals surface area contributed by atoms with E-state index in [1.165, 1.54) is 0 Å². The SMILES string of the molecule is COc1cc(C(F)(F)F)ccc1-c1c([N+](=O)[O-])cnc2cc(S(=O)(=O)Oc3c(F)c(F)c(F)c(F)c3F)ccc12.